The fourth-order valence-electron chi connectivity index (χ4n) is 2.39. The van der Waals surface area contributed by atoms with Gasteiger partial charge in [-0.05, 0) is 31.9 Å². The highest BCUT2D eigenvalue weighted by Gasteiger charge is 2.28. The van der Waals surface area contributed by atoms with Crippen molar-refractivity contribution in [2.45, 2.75) is 19.8 Å². The lowest BCUT2D eigenvalue weighted by atomic mass is 9.97. The average Bonchev–Trinajstić information content (AvgIpc) is 2.48. The quantitative estimate of drug-likeness (QED) is 0.613. The Balaban J connectivity index is 2.03. The molecule has 0 spiro atoms. The minimum absolute atomic E-state index is 0.0582. The predicted molar refractivity (Wildman–Crippen MR) is 86.8 cm³/mol. The van der Waals surface area contributed by atoms with Crippen LogP contribution in [0.1, 0.15) is 25.3 Å². The summed E-state index contributed by atoms with van der Waals surface area (Å²) in [5, 5.41) is 0. The lowest BCUT2D eigenvalue weighted by Crippen LogP contribution is -2.42. The summed E-state index contributed by atoms with van der Waals surface area (Å²) in [5.41, 5.74) is 1.02. The van der Waals surface area contributed by atoms with Crippen molar-refractivity contribution in [1.82, 2.24) is 4.90 Å². The number of thiocarbonyl (C=S) groups is 1. The third-order valence-corrected chi connectivity index (χ3v) is 4.44. The normalized spacial score (nSPS) is 18.7. The molecule has 1 fully saturated rings. The maximum absolute atomic E-state index is 11.8. The van der Waals surface area contributed by atoms with Crippen LogP contribution in [-0.2, 0) is 9.53 Å². The van der Waals surface area contributed by atoms with E-state index in [0.29, 0.717) is 13.2 Å². The second kappa shape index (κ2) is 7.18. The number of esters is 1. The van der Waals surface area contributed by atoms with Crippen molar-refractivity contribution >= 4 is 39.1 Å². The van der Waals surface area contributed by atoms with E-state index in [1.54, 1.807) is 0 Å². The molecule has 5 heteroatoms. The van der Waals surface area contributed by atoms with Gasteiger partial charge < -0.3 is 9.64 Å². The van der Waals surface area contributed by atoms with E-state index in [0.717, 1.165) is 34.4 Å². The molecule has 0 saturated carbocycles. The van der Waals surface area contributed by atoms with E-state index in [9.17, 15) is 4.79 Å². The molecule has 2 rings (SSSR count). The van der Waals surface area contributed by atoms with Crippen LogP contribution in [0.5, 0.6) is 0 Å². The molecule has 1 aliphatic rings. The number of nitrogens with zero attached hydrogens (tertiary/aromatic N) is 1. The number of ether oxygens (including phenoxy) is 1. The Bertz CT molecular complexity index is 489. The lowest BCUT2D eigenvalue weighted by molar-refractivity contribution is -0.149. The third-order valence-electron chi connectivity index (χ3n) is 3.42. The van der Waals surface area contributed by atoms with E-state index >= 15 is 0 Å². The van der Waals surface area contributed by atoms with Gasteiger partial charge in [0.1, 0.15) is 4.99 Å². The maximum atomic E-state index is 11.8. The van der Waals surface area contributed by atoms with Crippen molar-refractivity contribution in [2.24, 2.45) is 5.92 Å². The minimum Gasteiger partial charge on any atom is -0.466 e. The van der Waals surface area contributed by atoms with Crippen LogP contribution in [0.4, 0.5) is 0 Å². The number of carbonyl (C=O) groups is 1. The van der Waals surface area contributed by atoms with Crippen LogP contribution in [0.3, 0.4) is 0 Å². The Morgan fingerprint density at radius 1 is 1.45 bits per heavy atom. The number of carbonyl (C=O) groups excluding carboxylic acids is 1. The van der Waals surface area contributed by atoms with Gasteiger partial charge in [-0.1, -0.05) is 40.3 Å². The van der Waals surface area contributed by atoms with Crippen LogP contribution in [0.2, 0.25) is 0 Å². The topological polar surface area (TPSA) is 29.5 Å². The number of piperidine rings is 1. The van der Waals surface area contributed by atoms with Gasteiger partial charge in [0.2, 0.25) is 0 Å². The molecule has 1 aromatic rings. The van der Waals surface area contributed by atoms with Crippen LogP contribution in [-0.4, -0.2) is 35.6 Å². The summed E-state index contributed by atoms with van der Waals surface area (Å²) in [7, 11) is 0. The second-order valence-electron chi connectivity index (χ2n) is 4.85. The van der Waals surface area contributed by atoms with Crippen LogP contribution in [0, 0.1) is 5.92 Å². The Morgan fingerprint density at radius 3 is 2.80 bits per heavy atom. The van der Waals surface area contributed by atoms with Crippen molar-refractivity contribution < 1.29 is 9.53 Å². The molecule has 0 bridgehead atoms. The molecule has 108 valence electrons. The van der Waals surface area contributed by atoms with Crippen LogP contribution >= 0.6 is 28.1 Å². The molecule has 0 radical (unpaired) electrons. The van der Waals surface area contributed by atoms with E-state index in [1.807, 2.05) is 31.2 Å². The summed E-state index contributed by atoms with van der Waals surface area (Å²) in [5.74, 6) is -0.159. The van der Waals surface area contributed by atoms with Gasteiger partial charge in [0.05, 0.1) is 12.5 Å². The van der Waals surface area contributed by atoms with Crippen LogP contribution in [0.15, 0.2) is 28.7 Å². The first-order valence-corrected chi connectivity index (χ1v) is 8.03. The highest BCUT2D eigenvalue weighted by molar-refractivity contribution is 9.10. The second-order valence-corrected chi connectivity index (χ2v) is 6.15. The number of hydrogen-bond acceptors (Lipinski definition) is 3. The molecule has 0 unspecified atom stereocenters. The molecule has 1 atom stereocenters. The van der Waals surface area contributed by atoms with Gasteiger partial charge in [-0.2, -0.15) is 0 Å². The molecule has 1 saturated heterocycles. The summed E-state index contributed by atoms with van der Waals surface area (Å²) in [6, 6.07) is 7.96. The van der Waals surface area contributed by atoms with E-state index in [-0.39, 0.29) is 11.9 Å². The highest BCUT2D eigenvalue weighted by Crippen LogP contribution is 2.21. The van der Waals surface area contributed by atoms with Crippen molar-refractivity contribution in [2.75, 3.05) is 19.7 Å². The smallest absolute Gasteiger partial charge is 0.310 e. The molecule has 0 aliphatic carbocycles. The monoisotopic (exact) mass is 355 g/mol. The molecule has 1 aromatic carbocycles. The molecule has 1 aliphatic heterocycles. The highest BCUT2D eigenvalue weighted by atomic mass is 79.9. The number of benzene rings is 1. The largest absolute Gasteiger partial charge is 0.466 e. The van der Waals surface area contributed by atoms with Crippen LogP contribution < -0.4 is 0 Å². The minimum atomic E-state index is -0.101. The van der Waals surface area contributed by atoms with Gasteiger partial charge in [0.15, 0.2) is 0 Å². The number of likely N-dealkylation sites (tertiary alicyclic amines) is 1. The van der Waals surface area contributed by atoms with E-state index in [1.165, 1.54) is 0 Å². The van der Waals surface area contributed by atoms with Crippen LogP contribution in [0.25, 0.3) is 0 Å². The Labute approximate surface area is 133 Å². The summed E-state index contributed by atoms with van der Waals surface area (Å²) in [6.07, 6.45) is 1.86. The zero-order chi connectivity index (χ0) is 14.5. The average molecular weight is 356 g/mol. The molecule has 3 nitrogen and oxygen atoms in total. The summed E-state index contributed by atoms with van der Waals surface area (Å²) in [4.78, 5) is 14.8. The Morgan fingerprint density at radius 2 is 2.15 bits per heavy atom. The lowest BCUT2D eigenvalue weighted by Gasteiger charge is -2.33. The number of rotatable bonds is 3. The summed E-state index contributed by atoms with van der Waals surface area (Å²) >= 11 is 8.96. The first-order valence-electron chi connectivity index (χ1n) is 6.83. The predicted octanol–water partition coefficient (Wildman–Crippen LogP) is 3.40. The van der Waals surface area contributed by atoms with Gasteiger partial charge in [-0.25, -0.2) is 0 Å². The number of halogens is 1. The van der Waals surface area contributed by atoms with E-state index in [2.05, 4.69) is 20.8 Å². The fourth-order valence-corrected chi connectivity index (χ4v) is 2.96. The third kappa shape index (κ3) is 3.79. The van der Waals surface area contributed by atoms with E-state index in [4.69, 9.17) is 17.0 Å². The fraction of sp³-hybridized carbons (Fsp3) is 0.467. The van der Waals surface area contributed by atoms with Gasteiger partial charge in [0.25, 0.3) is 0 Å². The van der Waals surface area contributed by atoms with Gasteiger partial charge >= 0.3 is 5.97 Å². The first kappa shape index (κ1) is 15.4. The zero-order valence-electron chi connectivity index (χ0n) is 11.5. The SMILES string of the molecule is CCOC(=O)[C@H]1CCCN(C(=S)c2ccc(Br)cc2)C1. The van der Waals surface area contributed by atoms with Crippen molar-refractivity contribution in [1.29, 1.82) is 0 Å². The summed E-state index contributed by atoms with van der Waals surface area (Å²) < 4.78 is 6.15. The Kier molecular flexibility index (Phi) is 5.54. The van der Waals surface area contributed by atoms with Crippen molar-refractivity contribution in [3.05, 3.63) is 34.3 Å². The molecule has 0 amide bonds. The van der Waals surface area contributed by atoms with E-state index < -0.39 is 0 Å². The van der Waals surface area contributed by atoms with Gasteiger partial charge in [-0.15, -0.1) is 0 Å². The molecule has 20 heavy (non-hydrogen) atoms. The molecular weight excluding hydrogens is 338 g/mol. The molecular formula is C15H18BrNO2S. The standard InChI is InChI=1S/C15H18BrNO2S/c1-2-19-15(18)12-4-3-9-17(10-12)14(20)11-5-7-13(16)8-6-11/h5-8,12H,2-4,9-10H2,1H3/t12-/m0/s1. The zero-order valence-corrected chi connectivity index (χ0v) is 13.9. The molecule has 0 aromatic heterocycles. The maximum Gasteiger partial charge on any atom is 0.310 e. The Hall–Kier alpha value is -0.940. The van der Waals surface area contributed by atoms with Gasteiger partial charge in [-0.3, -0.25) is 4.79 Å². The van der Waals surface area contributed by atoms with Crippen molar-refractivity contribution in [3.8, 4) is 0 Å². The number of hydrogen-bond donors (Lipinski definition) is 0. The van der Waals surface area contributed by atoms with Crippen molar-refractivity contribution in [3.63, 3.8) is 0 Å². The van der Waals surface area contributed by atoms with Gasteiger partial charge in [0, 0.05) is 23.1 Å². The molecule has 0 N–H and O–H groups in total. The first-order chi connectivity index (χ1) is 9.61. The molecule has 1 heterocycles. The summed E-state index contributed by atoms with van der Waals surface area (Å²) in [6.45, 7) is 3.84.